The van der Waals surface area contributed by atoms with Gasteiger partial charge in [-0.2, -0.15) is 5.10 Å². The molecule has 0 bridgehead atoms. The van der Waals surface area contributed by atoms with Gasteiger partial charge in [-0.25, -0.2) is 17.1 Å². The lowest BCUT2D eigenvalue weighted by Crippen LogP contribution is -2.41. The number of hydrogen-bond donors (Lipinski definition) is 2. The molecule has 27 heavy (non-hydrogen) atoms. The average Bonchev–Trinajstić information content (AvgIpc) is 3.14. The molecule has 0 unspecified atom stereocenters. The number of aromatic nitrogens is 2. The minimum Gasteiger partial charge on any atom is -0.318 e. The van der Waals surface area contributed by atoms with Crippen LogP contribution in [0.5, 0.6) is 0 Å². The summed E-state index contributed by atoms with van der Waals surface area (Å²) >= 11 is 0. The van der Waals surface area contributed by atoms with Gasteiger partial charge in [0.05, 0.1) is 10.9 Å². The number of sulfonamides is 1. The first-order chi connectivity index (χ1) is 12.8. The minimum atomic E-state index is -3.24. The Balaban J connectivity index is 1.63. The van der Waals surface area contributed by atoms with E-state index in [1.165, 1.54) is 16.4 Å². The van der Waals surface area contributed by atoms with Gasteiger partial charge in [-0.15, -0.1) is 0 Å². The van der Waals surface area contributed by atoms with E-state index in [9.17, 15) is 17.6 Å². The van der Waals surface area contributed by atoms with Crippen LogP contribution in [0.15, 0.2) is 30.3 Å². The van der Waals surface area contributed by atoms with Crippen LogP contribution >= 0.6 is 0 Å². The van der Waals surface area contributed by atoms with Gasteiger partial charge in [0, 0.05) is 24.7 Å². The zero-order valence-electron chi connectivity index (χ0n) is 15.3. The van der Waals surface area contributed by atoms with E-state index in [2.05, 4.69) is 15.5 Å². The lowest BCUT2D eigenvalue weighted by atomic mass is 9.94. The molecule has 9 heteroatoms. The van der Waals surface area contributed by atoms with Crippen molar-refractivity contribution in [3.8, 4) is 0 Å². The Morgan fingerprint density at radius 2 is 1.96 bits per heavy atom. The standard InChI is InChI=1S/C18H23FN4O3S/c1-12(2)27(25,26)23-9-7-13(8-10-23)16-11-17(22-21-16)18(24)20-15-6-4-3-5-14(15)19/h3-6,11-13H,7-10H2,1-2H3,(H,20,24)(H,21,22). The Hall–Kier alpha value is -2.26. The van der Waals surface area contributed by atoms with Gasteiger partial charge in [0.1, 0.15) is 5.82 Å². The molecule has 1 aliphatic heterocycles. The van der Waals surface area contributed by atoms with Crippen molar-refractivity contribution in [1.29, 1.82) is 0 Å². The van der Waals surface area contributed by atoms with Crippen LogP contribution in [-0.2, 0) is 10.0 Å². The van der Waals surface area contributed by atoms with Gasteiger partial charge in [0.15, 0.2) is 5.69 Å². The Labute approximate surface area is 158 Å². The van der Waals surface area contributed by atoms with E-state index in [-0.39, 0.29) is 17.3 Å². The molecule has 0 aliphatic carbocycles. The monoisotopic (exact) mass is 394 g/mol. The van der Waals surface area contributed by atoms with E-state index in [0.717, 1.165) is 5.69 Å². The highest BCUT2D eigenvalue weighted by molar-refractivity contribution is 7.89. The second kappa shape index (κ2) is 7.77. The number of halogens is 1. The number of carbonyl (C=O) groups excluding carboxylic acids is 1. The number of nitrogens with one attached hydrogen (secondary N) is 2. The van der Waals surface area contributed by atoms with Crippen molar-refractivity contribution in [2.24, 2.45) is 0 Å². The molecule has 1 fully saturated rings. The molecule has 1 saturated heterocycles. The third kappa shape index (κ3) is 4.19. The lowest BCUT2D eigenvalue weighted by molar-refractivity contribution is 0.102. The molecule has 0 atom stereocenters. The van der Waals surface area contributed by atoms with E-state index in [1.54, 1.807) is 32.0 Å². The van der Waals surface area contributed by atoms with Crippen molar-refractivity contribution in [2.45, 2.75) is 37.9 Å². The van der Waals surface area contributed by atoms with Crippen LogP contribution in [-0.4, -0.2) is 47.2 Å². The quantitative estimate of drug-likeness (QED) is 0.815. The molecular weight excluding hydrogens is 371 g/mol. The van der Waals surface area contributed by atoms with Crippen LogP contribution in [0.4, 0.5) is 10.1 Å². The highest BCUT2D eigenvalue weighted by atomic mass is 32.2. The van der Waals surface area contributed by atoms with E-state index < -0.39 is 27.0 Å². The molecule has 146 valence electrons. The highest BCUT2D eigenvalue weighted by Gasteiger charge is 2.31. The number of carbonyl (C=O) groups is 1. The summed E-state index contributed by atoms with van der Waals surface area (Å²) in [5, 5.41) is 8.95. The maximum atomic E-state index is 13.7. The lowest BCUT2D eigenvalue weighted by Gasteiger charge is -2.31. The van der Waals surface area contributed by atoms with Crippen molar-refractivity contribution < 1.29 is 17.6 Å². The fourth-order valence-corrected chi connectivity index (χ4v) is 4.45. The maximum Gasteiger partial charge on any atom is 0.276 e. The molecule has 0 saturated carbocycles. The van der Waals surface area contributed by atoms with Gasteiger partial charge >= 0.3 is 0 Å². The summed E-state index contributed by atoms with van der Waals surface area (Å²) in [5.74, 6) is -0.908. The zero-order valence-corrected chi connectivity index (χ0v) is 16.1. The van der Waals surface area contributed by atoms with Crippen LogP contribution in [0.1, 0.15) is 48.8 Å². The van der Waals surface area contributed by atoms with Crippen LogP contribution < -0.4 is 5.32 Å². The van der Waals surface area contributed by atoms with E-state index in [4.69, 9.17) is 0 Å². The highest BCUT2D eigenvalue weighted by Crippen LogP contribution is 2.29. The summed E-state index contributed by atoms with van der Waals surface area (Å²) in [7, 11) is -3.24. The smallest absolute Gasteiger partial charge is 0.276 e. The zero-order chi connectivity index (χ0) is 19.6. The normalized spacial score (nSPS) is 16.6. The first-order valence-corrected chi connectivity index (χ1v) is 10.4. The molecule has 1 aliphatic rings. The minimum absolute atomic E-state index is 0.0965. The molecule has 2 aromatic rings. The number of aromatic amines is 1. The van der Waals surface area contributed by atoms with Crippen molar-refractivity contribution in [3.05, 3.63) is 47.5 Å². The summed E-state index contributed by atoms with van der Waals surface area (Å²) in [5.41, 5.74) is 1.06. The molecule has 1 amide bonds. The van der Waals surface area contributed by atoms with Gasteiger partial charge in [-0.3, -0.25) is 9.89 Å². The van der Waals surface area contributed by atoms with Crippen LogP contribution in [0.3, 0.4) is 0 Å². The molecule has 2 heterocycles. The third-order valence-corrected chi connectivity index (χ3v) is 7.08. The van der Waals surface area contributed by atoms with Crippen LogP contribution in [0, 0.1) is 5.82 Å². The van der Waals surface area contributed by atoms with Gasteiger partial charge in [0.2, 0.25) is 10.0 Å². The maximum absolute atomic E-state index is 13.7. The number of H-pyrrole nitrogens is 1. The second-order valence-corrected chi connectivity index (χ2v) is 9.40. The molecule has 0 radical (unpaired) electrons. The number of para-hydroxylation sites is 1. The van der Waals surface area contributed by atoms with Gasteiger partial charge in [0.25, 0.3) is 5.91 Å². The van der Waals surface area contributed by atoms with E-state index in [0.29, 0.717) is 25.9 Å². The number of hydrogen-bond acceptors (Lipinski definition) is 4. The van der Waals surface area contributed by atoms with Gasteiger partial charge < -0.3 is 5.32 Å². The molecule has 0 spiro atoms. The number of piperidine rings is 1. The number of anilines is 1. The molecule has 1 aromatic heterocycles. The molecule has 2 N–H and O–H groups in total. The number of nitrogens with zero attached hydrogens (tertiary/aromatic N) is 2. The van der Waals surface area contributed by atoms with Crippen molar-refractivity contribution in [1.82, 2.24) is 14.5 Å². The van der Waals surface area contributed by atoms with E-state index >= 15 is 0 Å². The van der Waals surface area contributed by atoms with Crippen molar-refractivity contribution >= 4 is 21.6 Å². The molecular formula is C18H23FN4O3S. The predicted octanol–water partition coefficient (Wildman–Crippen LogP) is 2.72. The summed E-state index contributed by atoms with van der Waals surface area (Å²) in [6.07, 6.45) is 1.31. The molecule has 7 nitrogen and oxygen atoms in total. The Bertz CT molecular complexity index is 918. The second-order valence-electron chi connectivity index (χ2n) is 6.91. The number of rotatable bonds is 5. The van der Waals surface area contributed by atoms with Crippen LogP contribution in [0.25, 0.3) is 0 Å². The Morgan fingerprint density at radius 3 is 2.59 bits per heavy atom. The third-order valence-electron chi connectivity index (χ3n) is 4.80. The SMILES string of the molecule is CC(C)S(=O)(=O)N1CCC(c2cc(C(=O)Nc3ccccc3F)n[nH]2)CC1. The summed E-state index contributed by atoms with van der Waals surface area (Å²) in [6, 6.07) is 7.57. The number of amides is 1. The summed E-state index contributed by atoms with van der Waals surface area (Å²) < 4.78 is 39.7. The van der Waals surface area contributed by atoms with Gasteiger partial charge in [-0.1, -0.05) is 12.1 Å². The number of benzene rings is 1. The predicted molar refractivity (Wildman–Crippen MR) is 101 cm³/mol. The molecule has 3 rings (SSSR count). The van der Waals surface area contributed by atoms with Crippen molar-refractivity contribution in [3.63, 3.8) is 0 Å². The summed E-state index contributed by atoms with van der Waals surface area (Å²) in [6.45, 7) is 4.25. The topological polar surface area (TPSA) is 95.2 Å². The Morgan fingerprint density at radius 1 is 1.30 bits per heavy atom. The molecule has 1 aromatic carbocycles. The van der Waals surface area contributed by atoms with Gasteiger partial charge in [-0.05, 0) is 44.9 Å². The Kier molecular flexibility index (Phi) is 5.61. The largest absolute Gasteiger partial charge is 0.318 e. The van der Waals surface area contributed by atoms with Crippen molar-refractivity contribution in [2.75, 3.05) is 18.4 Å². The first kappa shape index (κ1) is 19.5. The fraction of sp³-hybridized carbons (Fsp3) is 0.444. The fourth-order valence-electron chi connectivity index (χ4n) is 3.13. The van der Waals surface area contributed by atoms with Crippen LogP contribution in [0.2, 0.25) is 0 Å². The average molecular weight is 394 g/mol. The van der Waals surface area contributed by atoms with E-state index in [1.807, 2.05) is 0 Å². The summed E-state index contributed by atoms with van der Waals surface area (Å²) in [4.78, 5) is 12.3. The first-order valence-electron chi connectivity index (χ1n) is 8.89.